The van der Waals surface area contributed by atoms with E-state index in [-0.39, 0.29) is 13.3 Å². The summed E-state index contributed by atoms with van der Waals surface area (Å²) in [5.74, 6) is 0. The van der Waals surface area contributed by atoms with Gasteiger partial charge in [0, 0.05) is 0 Å². The van der Waals surface area contributed by atoms with Gasteiger partial charge in [0.2, 0.25) is 0 Å². The molecular formula is C16H21OP. The van der Waals surface area contributed by atoms with E-state index in [9.17, 15) is 4.79 Å². The molecule has 0 saturated carbocycles. The lowest BCUT2D eigenvalue weighted by Gasteiger charge is -2.33. The van der Waals surface area contributed by atoms with Crippen LogP contribution in [-0.2, 0) is 10.2 Å². The van der Waals surface area contributed by atoms with Crippen LogP contribution in [-0.4, -0.2) is 25.3 Å². The fourth-order valence-electron chi connectivity index (χ4n) is 2.55. The van der Waals surface area contributed by atoms with Crippen molar-refractivity contribution in [1.82, 2.24) is 0 Å². The topological polar surface area (TPSA) is 17.1 Å². The lowest BCUT2D eigenvalue weighted by atomic mass is 9.74. The summed E-state index contributed by atoms with van der Waals surface area (Å²) >= 11 is 0. The van der Waals surface area contributed by atoms with E-state index >= 15 is 0 Å². The maximum Gasteiger partial charge on any atom is 0.134 e. The van der Waals surface area contributed by atoms with Gasteiger partial charge in [0.05, 0.1) is 5.41 Å². The van der Waals surface area contributed by atoms with E-state index in [1.165, 1.54) is 5.56 Å². The summed E-state index contributed by atoms with van der Waals surface area (Å²) in [5.41, 5.74) is 2.67. The van der Waals surface area contributed by atoms with E-state index in [0.29, 0.717) is 5.66 Å². The summed E-state index contributed by atoms with van der Waals surface area (Å²) in [5, 5.41) is 0. The maximum atomic E-state index is 11.6. The zero-order valence-corrected chi connectivity index (χ0v) is 12.3. The first kappa shape index (κ1) is 13.5. The van der Waals surface area contributed by atoms with Crippen molar-refractivity contribution in [3.05, 3.63) is 47.5 Å². The molecule has 1 aliphatic rings. The molecule has 0 spiro atoms. The Bertz CT molecular complexity index is 447. The molecule has 0 amide bonds. The fourth-order valence-corrected chi connectivity index (χ4v) is 3.63. The van der Waals surface area contributed by atoms with Gasteiger partial charge in [0.15, 0.2) is 0 Å². The minimum Gasteiger partial charge on any atom is -0.302 e. The van der Waals surface area contributed by atoms with E-state index in [1.807, 2.05) is 0 Å². The second-order valence-electron chi connectivity index (χ2n) is 5.45. The third-order valence-electron chi connectivity index (χ3n) is 3.93. The average molecular weight is 260 g/mol. The first-order valence-corrected chi connectivity index (χ1v) is 8.77. The number of hydrogen-bond donors (Lipinski definition) is 0. The normalized spacial score (nSPS) is 27.4. The first-order chi connectivity index (χ1) is 8.57. The molecule has 18 heavy (non-hydrogen) atoms. The van der Waals surface area contributed by atoms with E-state index in [1.54, 1.807) is 0 Å². The molecule has 0 bridgehead atoms. The molecule has 1 aliphatic carbocycles. The van der Waals surface area contributed by atoms with Gasteiger partial charge in [-0.25, -0.2) is 0 Å². The molecule has 0 radical (unpaired) electrons. The summed E-state index contributed by atoms with van der Waals surface area (Å²) < 4.78 is 0. The molecule has 0 aromatic heterocycles. The highest BCUT2D eigenvalue weighted by Crippen LogP contribution is 2.43. The largest absolute Gasteiger partial charge is 0.302 e. The van der Waals surface area contributed by atoms with Gasteiger partial charge >= 0.3 is 0 Å². The molecule has 0 fully saturated rings. The van der Waals surface area contributed by atoms with Gasteiger partial charge in [-0.15, -0.1) is 7.92 Å². The number of aldehydes is 1. The molecule has 0 heterocycles. The van der Waals surface area contributed by atoms with Crippen LogP contribution < -0.4 is 0 Å². The molecule has 0 saturated heterocycles. The third kappa shape index (κ3) is 2.57. The predicted octanol–water partition coefficient (Wildman–Crippen LogP) is 3.89. The minimum atomic E-state index is -0.379. The molecule has 96 valence electrons. The zero-order chi connectivity index (χ0) is 13.2. The second-order valence-corrected chi connectivity index (χ2v) is 8.04. The lowest BCUT2D eigenvalue weighted by Crippen LogP contribution is -2.30. The predicted molar refractivity (Wildman–Crippen MR) is 79.9 cm³/mol. The van der Waals surface area contributed by atoms with Gasteiger partial charge in [-0.1, -0.05) is 42.0 Å². The van der Waals surface area contributed by atoms with Crippen molar-refractivity contribution in [3.63, 3.8) is 0 Å². The fraction of sp³-hybridized carbons (Fsp3) is 0.438. The van der Waals surface area contributed by atoms with Crippen LogP contribution in [0.25, 0.3) is 0 Å². The van der Waals surface area contributed by atoms with E-state index in [0.717, 1.165) is 24.7 Å². The van der Waals surface area contributed by atoms with E-state index in [2.05, 4.69) is 56.7 Å². The quantitative estimate of drug-likeness (QED) is 0.458. The van der Waals surface area contributed by atoms with Gasteiger partial charge in [-0.05, 0) is 44.3 Å². The van der Waals surface area contributed by atoms with Crippen molar-refractivity contribution in [2.45, 2.75) is 30.8 Å². The SMILES string of the molecule is Cc1ccc(C2(C=O)C=CC(P(C)C)CC2)cc1. The van der Waals surface area contributed by atoms with Crippen molar-refractivity contribution in [2.24, 2.45) is 0 Å². The van der Waals surface area contributed by atoms with Gasteiger partial charge in [-0.3, -0.25) is 0 Å². The number of hydrogen-bond acceptors (Lipinski definition) is 1. The molecule has 0 aliphatic heterocycles. The third-order valence-corrected chi connectivity index (χ3v) is 5.69. The summed E-state index contributed by atoms with van der Waals surface area (Å²) in [7, 11) is 0.0581. The molecule has 1 nitrogen and oxygen atoms in total. The Labute approximate surface area is 111 Å². The molecule has 1 aromatic rings. The summed E-state index contributed by atoms with van der Waals surface area (Å²) in [6, 6.07) is 8.37. The van der Waals surface area contributed by atoms with Gasteiger partial charge in [-0.2, -0.15) is 0 Å². The smallest absolute Gasteiger partial charge is 0.134 e. The number of carbonyl (C=O) groups excluding carboxylic acids is 1. The molecule has 1 aromatic carbocycles. The number of allylic oxidation sites excluding steroid dienone is 2. The summed E-state index contributed by atoms with van der Waals surface area (Å²) in [6.07, 6.45) is 7.60. The van der Waals surface area contributed by atoms with Crippen molar-refractivity contribution in [3.8, 4) is 0 Å². The summed E-state index contributed by atoms with van der Waals surface area (Å²) in [6.45, 7) is 6.69. The second kappa shape index (κ2) is 5.36. The van der Waals surface area contributed by atoms with Crippen LogP contribution in [0.1, 0.15) is 24.0 Å². The van der Waals surface area contributed by atoms with E-state index < -0.39 is 0 Å². The standard InChI is InChI=1S/C16H21OP/c1-13-4-6-14(7-5-13)16(12-17)10-8-15(9-11-16)18(2)3/h4-8,10,12,15H,9,11H2,1-3H3. The number of benzene rings is 1. The Morgan fingerprint density at radius 2 is 1.94 bits per heavy atom. The van der Waals surface area contributed by atoms with Crippen molar-refractivity contribution in [2.75, 3.05) is 13.3 Å². The van der Waals surface area contributed by atoms with Crippen molar-refractivity contribution < 1.29 is 4.79 Å². The molecule has 2 rings (SSSR count). The Kier molecular flexibility index (Phi) is 4.02. The Morgan fingerprint density at radius 1 is 1.28 bits per heavy atom. The van der Waals surface area contributed by atoms with Crippen LogP contribution in [0.4, 0.5) is 0 Å². The minimum absolute atomic E-state index is 0.0581. The Morgan fingerprint density at radius 3 is 2.39 bits per heavy atom. The molecule has 0 N–H and O–H groups in total. The first-order valence-electron chi connectivity index (χ1n) is 6.47. The highest BCUT2D eigenvalue weighted by atomic mass is 31.1. The van der Waals surface area contributed by atoms with Crippen LogP contribution in [0, 0.1) is 6.92 Å². The molecule has 2 unspecified atom stereocenters. The molecule has 2 atom stereocenters. The molecule has 2 heteroatoms. The lowest BCUT2D eigenvalue weighted by molar-refractivity contribution is -0.111. The number of carbonyl (C=O) groups is 1. The van der Waals surface area contributed by atoms with Crippen LogP contribution in [0.3, 0.4) is 0 Å². The maximum absolute atomic E-state index is 11.6. The number of aryl methyl sites for hydroxylation is 1. The van der Waals surface area contributed by atoms with Gasteiger partial charge in [0.25, 0.3) is 0 Å². The van der Waals surface area contributed by atoms with Crippen LogP contribution in [0.2, 0.25) is 0 Å². The summed E-state index contributed by atoms with van der Waals surface area (Å²) in [4.78, 5) is 11.6. The van der Waals surface area contributed by atoms with Crippen molar-refractivity contribution in [1.29, 1.82) is 0 Å². The number of rotatable bonds is 3. The zero-order valence-electron chi connectivity index (χ0n) is 11.4. The van der Waals surface area contributed by atoms with Crippen LogP contribution in [0.5, 0.6) is 0 Å². The van der Waals surface area contributed by atoms with Crippen LogP contribution in [0.15, 0.2) is 36.4 Å². The monoisotopic (exact) mass is 260 g/mol. The van der Waals surface area contributed by atoms with E-state index in [4.69, 9.17) is 0 Å². The molecular weight excluding hydrogens is 239 g/mol. The van der Waals surface area contributed by atoms with Gasteiger partial charge in [0.1, 0.15) is 6.29 Å². The Hall–Kier alpha value is -0.940. The highest BCUT2D eigenvalue weighted by Gasteiger charge is 2.33. The van der Waals surface area contributed by atoms with Crippen LogP contribution >= 0.6 is 7.92 Å². The highest BCUT2D eigenvalue weighted by molar-refractivity contribution is 7.57. The van der Waals surface area contributed by atoms with Gasteiger partial charge < -0.3 is 4.79 Å². The Balaban J connectivity index is 2.31. The average Bonchev–Trinajstić information content (AvgIpc) is 2.39. The van der Waals surface area contributed by atoms with Crippen molar-refractivity contribution >= 4 is 14.2 Å².